The molecule has 0 amide bonds. The number of hydrogen-bond acceptors (Lipinski definition) is 1. The standard InChI is InChI=1S/C7H12N2S/c1-6(2)5(9-8)7(3,4)10-6/h1-4H3. The van der Waals surface area contributed by atoms with Crippen LogP contribution in [0.15, 0.2) is 0 Å². The van der Waals surface area contributed by atoms with E-state index in [1.807, 2.05) is 11.8 Å². The Morgan fingerprint density at radius 2 is 1.60 bits per heavy atom. The Morgan fingerprint density at radius 1 is 1.20 bits per heavy atom. The lowest BCUT2D eigenvalue weighted by atomic mass is 9.93. The molecule has 1 fully saturated rings. The van der Waals surface area contributed by atoms with E-state index in [2.05, 4.69) is 32.5 Å². The van der Waals surface area contributed by atoms with Crippen LogP contribution >= 0.6 is 11.8 Å². The van der Waals surface area contributed by atoms with Crippen molar-refractivity contribution >= 4 is 17.5 Å². The third-order valence-electron chi connectivity index (χ3n) is 1.75. The first-order chi connectivity index (χ1) is 4.40. The first kappa shape index (κ1) is 7.83. The number of rotatable bonds is 0. The molecule has 56 valence electrons. The number of thioether (sulfide) groups is 1. The van der Waals surface area contributed by atoms with Crippen molar-refractivity contribution in [1.29, 1.82) is 0 Å². The van der Waals surface area contributed by atoms with Gasteiger partial charge < -0.3 is 5.53 Å². The van der Waals surface area contributed by atoms with E-state index in [1.54, 1.807) is 0 Å². The van der Waals surface area contributed by atoms with E-state index in [9.17, 15) is 0 Å². The van der Waals surface area contributed by atoms with Crippen LogP contribution in [0.5, 0.6) is 0 Å². The Kier molecular flexibility index (Phi) is 1.46. The van der Waals surface area contributed by atoms with Crippen LogP contribution in [0, 0.1) is 0 Å². The molecular weight excluding hydrogens is 144 g/mol. The maximum absolute atomic E-state index is 8.63. The number of nitrogens with zero attached hydrogens (tertiary/aromatic N) is 2. The summed E-state index contributed by atoms with van der Waals surface area (Å²) in [7, 11) is 0. The van der Waals surface area contributed by atoms with Gasteiger partial charge in [-0.15, -0.1) is 11.8 Å². The van der Waals surface area contributed by atoms with Gasteiger partial charge in [0.1, 0.15) is 9.49 Å². The van der Waals surface area contributed by atoms with E-state index in [0.29, 0.717) is 0 Å². The highest BCUT2D eigenvalue weighted by atomic mass is 32.2. The second-order valence-corrected chi connectivity index (χ2v) is 5.82. The van der Waals surface area contributed by atoms with E-state index in [1.165, 1.54) is 0 Å². The van der Waals surface area contributed by atoms with Gasteiger partial charge in [-0.1, -0.05) is 0 Å². The van der Waals surface area contributed by atoms with Crippen LogP contribution in [-0.4, -0.2) is 20.0 Å². The zero-order chi connectivity index (χ0) is 7.99. The van der Waals surface area contributed by atoms with Gasteiger partial charge in [0.15, 0.2) is 0 Å². The highest BCUT2D eigenvalue weighted by Gasteiger charge is 2.58. The van der Waals surface area contributed by atoms with Crippen molar-refractivity contribution in [2.24, 2.45) is 0 Å². The molecule has 0 spiro atoms. The van der Waals surface area contributed by atoms with Crippen LogP contribution in [0.2, 0.25) is 0 Å². The third-order valence-corrected chi connectivity index (χ3v) is 3.16. The normalized spacial score (nSPS) is 27.0. The third kappa shape index (κ3) is 0.899. The molecule has 0 aromatic heterocycles. The maximum Gasteiger partial charge on any atom is 0.299 e. The van der Waals surface area contributed by atoms with Gasteiger partial charge in [0.05, 0.1) is 0 Å². The molecule has 0 N–H and O–H groups in total. The second kappa shape index (κ2) is 1.86. The van der Waals surface area contributed by atoms with Gasteiger partial charge in [-0.05, 0) is 27.7 Å². The molecule has 0 aromatic carbocycles. The Morgan fingerprint density at radius 3 is 1.70 bits per heavy atom. The van der Waals surface area contributed by atoms with Crippen LogP contribution < -0.4 is 0 Å². The van der Waals surface area contributed by atoms with Crippen molar-refractivity contribution in [3.05, 3.63) is 5.53 Å². The molecule has 0 unspecified atom stereocenters. The van der Waals surface area contributed by atoms with Crippen LogP contribution in [0.1, 0.15) is 27.7 Å². The topological polar surface area (TPSA) is 36.4 Å². The molecule has 0 bridgehead atoms. The maximum atomic E-state index is 8.63. The Labute approximate surface area is 65.6 Å². The van der Waals surface area contributed by atoms with Gasteiger partial charge in [-0.2, -0.15) is 4.79 Å². The minimum atomic E-state index is 0.0399. The highest BCUT2D eigenvalue weighted by Crippen LogP contribution is 2.50. The molecule has 1 rings (SSSR count). The van der Waals surface area contributed by atoms with E-state index in [-0.39, 0.29) is 9.49 Å². The molecule has 1 heterocycles. The average molecular weight is 156 g/mol. The van der Waals surface area contributed by atoms with Crippen molar-refractivity contribution in [2.75, 3.05) is 0 Å². The fourth-order valence-electron chi connectivity index (χ4n) is 1.65. The number of hydrogen-bond donors (Lipinski definition) is 0. The lowest BCUT2D eigenvalue weighted by Gasteiger charge is -2.41. The van der Waals surface area contributed by atoms with Gasteiger partial charge in [0, 0.05) is 0 Å². The zero-order valence-corrected chi connectivity index (χ0v) is 7.62. The molecule has 0 saturated carbocycles. The summed E-state index contributed by atoms with van der Waals surface area (Å²) in [6, 6.07) is 0. The molecular formula is C7H12N2S. The largest absolute Gasteiger partial charge is 0.361 e. The zero-order valence-electron chi connectivity index (χ0n) is 6.80. The molecule has 3 heteroatoms. The minimum absolute atomic E-state index is 0.0399. The summed E-state index contributed by atoms with van der Waals surface area (Å²) < 4.78 is 0.0799. The molecule has 1 aliphatic rings. The van der Waals surface area contributed by atoms with E-state index in [0.717, 1.165) is 5.71 Å². The van der Waals surface area contributed by atoms with Crippen LogP contribution in [0.3, 0.4) is 0 Å². The van der Waals surface area contributed by atoms with E-state index >= 15 is 0 Å². The van der Waals surface area contributed by atoms with Gasteiger partial charge in [-0.3, -0.25) is 0 Å². The molecule has 10 heavy (non-hydrogen) atoms. The monoisotopic (exact) mass is 156 g/mol. The van der Waals surface area contributed by atoms with Crippen molar-refractivity contribution < 1.29 is 4.79 Å². The fourth-order valence-corrected chi connectivity index (χ4v) is 3.56. The van der Waals surface area contributed by atoms with E-state index in [4.69, 9.17) is 5.53 Å². The Bertz CT molecular complexity index is 196. The molecule has 1 aliphatic heterocycles. The SMILES string of the molecule is CC1(C)SC(C)(C)C1=[N+]=[N-]. The van der Waals surface area contributed by atoms with Crippen molar-refractivity contribution in [3.8, 4) is 0 Å². The molecule has 1 saturated heterocycles. The first-order valence-electron chi connectivity index (χ1n) is 3.33. The minimum Gasteiger partial charge on any atom is -0.361 e. The van der Waals surface area contributed by atoms with Gasteiger partial charge in [0.2, 0.25) is 0 Å². The summed E-state index contributed by atoms with van der Waals surface area (Å²) in [4.78, 5) is 3.30. The fraction of sp³-hybridized carbons (Fsp3) is 0.857. The highest BCUT2D eigenvalue weighted by molar-refractivity contribution is 8.06. The van der Waals surface area contributed by atoms with Crippen molar-refractivity contribution in [1.82, 2.24) is 0 Å². The predicted molar refractivity (Wildman–Crippen MR) is 44.4 cm³/mol. The summed E-state index contributed by atoms with van der Waals surface area (Å²) in [5.41, 5.74) is 9.53. The predicted octanol–water partition coefficient (Wildman–Crippen LogP) is 1.96. The van der Waals surface area contributed by atoms with Crippen LogP contribution in [0.25, 0.3) is 5.53 Å². The smallest absolute Gasteiger partial charge is 0.299 e. The lowest BCUT2D eigenvalue weighted by Crippen LogP contribution is -2.55. The van der Waals surface area contributed by atoms with Gasteiger partial charge >= 0.3 is 0 Å². The summed E-state index contributed by atoms with van der Waals surface area (Å²) in [6.45, 7) is 8.27. The summed E-state index contributed by atoms with van der Waals surface area (Å²) in [6.07, 6.45) is 0. The molecule has 2 nitrogen and oxygen atoms in total. The van der Waals surface area contributed by atoms with Crippen molar-refractivity contribution in [3.63, 3.8) is 0 Å². The molecule has 0 aromatic rings. The first-order valence-corrected chi connectivity index (χ1v) is 4.15. The second-order valence-electron chi connectivity index (χ2n) is 3.57. The quantitative estimate of drug-likeness (QED) is 0.390. The average Bonchev–Trinajstić information content (AvgIpc) is 1.59. The van der Waals surface area contributed by atoms with Gasteiger partial charge in [-0.25, -0.2) is 0 Å². The summed E-state index contributed by atoms with van der Waals surface area (Å²) >= 11 is 1.83. The lowest BCUT2D eigenvalue weighted by molar-refractivity contribution is -0.0176. The summed E-state index contributed by atoms with van der Waals surface area (Å²) in [5, 5.41) is 0. The van der Waals surface area contributed by atoms with Crippen molar-refractivity contribution in [2.45, 2.75) is 37.2 Å². The van der Waals surface area contributed by atoms with E-state index < -0.39 is 0 Å². The Balaban J connectivity index is 2.95. The van der Waals surface area contributed by atoms with Crippen LogP contribution in [0.4, 0.5) is 0 Å². The molecule has 0 aliphatic carbocycles. The van der Waals surface area contributed by atoms with Gasteiger partial charge in [0.25, 0.3) is 5.71 Å². The molecule has 0 atom stereocenters. The Hall–Kier alpha value is -0.270. The van der Waals surface area contributed by atoms with Crippen LogP contribution in [-0.2, 0) is 0 Å². The summed E-state index contributed by atoms with van der Waals surface area (Å²) in [5.74, 6) is 0. The molecule has 0 radical (unpaired) electrons.